The van der Waals surface area contributed by atoms with Crippen molar-refractivity contribution in [3.8, 4) is 27.9 Å². The molecular formula is C77H78BN3O. The van der Waals surface area contributed by atoms with Crippen molar-refractivity contribution in [2.75, 3.05) is 9.71 Å². The Morgan fingerprint density at radius 2 is 0.963 bits per heavy atom. The second kappa shape index (κ2) is 17.2. The van der Waals surface area contributed by atoms with Crippen molar-refractivity contribution >= 4 is 90.0 Å². The number of hydrogen-bond donors (Lipinski definition) is 0. The van der Waals surface area contributed by atoms with Gasteiger partial charge < -0.3 is 18.7 Å². The van der Waals surface area contributed by atoms with Gasteiger partial charge in [-0.15, -0.1) is 0 Å². The molecule has 14 rings (SSSR count). The van der Waals surface area contributed by atoms with Gasteiger partial charge in [0.15, 0.2) is 0 Å². The van der Waals surface area contributed by atoms with Crippen LogP contribution in [0.4, 0.5) is 28.4 Å². The van der Waals surface area contributed by atoms with E-state index in [2.05, 4.69) is 296 Å². The molecule has 2 aliphatic heterocycles. The molecule has 9 aromatic carbocycles. The lowest BCUT2D eigenvalue weighted by Gasteiger charge is -2.43. The quantitative estimate of drug-likeness (QED) is 0.164. The third kappa shape index (κ3) is 7.70. The van der Waals surface area contributed by atoms with E-state index in [-0.39, 0.29) is 39.3 Å². The third-order valence-electron chi connectivity index (χ3n) is 18.9. The Hall–Kier alpha value is -7.76. The summed E-state index contributed by atoms with van der Waals surface area (Å²) in [6.07, 6.45) is 0. The van der Waals surface area contributed by atoms with Crippen molar-refractivity contribution in [3.63, 3.8) is 0 Å². The van der Waals surface area contributed by atoms with Gasteiger partial charge in [-0.2, -0.15) is 0 Å². The van der Waals surface area contributed by atoms with Crippen molar-refractivity contribution in [1.29, 1.82) is 0 Å². The SMILES string of the molecule is CC(C)(C)c1ccc(N2B3c4cc(C(C)(C)C)ccc4-n4c5ccc(C(C)(C)C)cc5c5c6oc7ccccc7c6c(c3c54)-c3cc4c(cc32)C(C)(C)c2ccc(N(c3ccc(C(C)(C)C)cc3)c3ccc(C(C)(C)C)cc3)cc2-4)cc1. The molecule has 410 valence electrons. The molecule has 0 fully saturated rings. The zero-order valence-corrected chi connectivity index (χ0v) is 51.4. The van der Waals surface area contributed by atoms with E-state index >= 15 is 0 Å². The molecule has 0 unspecified atom stereocenters. The predicted molar refractivity (Wildman–Crippen MR) is 353 cm³/mol. The van der Waals surface area contributed by atoms with E-state index in [1.807, 2.05) is 0 Å². The molecule has 0 atom stereocenters. The number of rotatable bonds is 4. The highest BCUT2D eigenvalue weighted by molar-refractivity contribution is 6.94. The molecule has 5 heteroatoms. The Kier molecular flexibility index (Phi) is 11.0. The molecule has 4 heterocycles. The number of benzene rings is 9. The van der Waals surface area contributed by atoms with Crippen molar-refractivity contribution in [1.82, 2.24) is 4.57 Å². The second-order valence-corrected chi connectivity index (χ2v) is 29.9. The van der Waals surface area contributed by atoms with E-state index in [4.69, 9.17) is 4.42 Å². The van der Waals surface area contributed by atoms with Crippen LogP contribution in [0.3, 0.4) is 0 Å². The molecule has 1 aliphatic carbocycles. The lowest BCUT2D eigenvalue weighted by atomic mass is 9.43. The van der Waals surface area contributed by atoms with Crippen LogP contribution < -0.4 is 20.6 Å². The fourth-order valence-electron chi connectivity index (χ4n) is 14.2. The number of furan rings is 1. The molecule has 82 heavy (non-hydrogen) atoms. The molecule has 0 spiro atoms. The molecule has 0 amide bonds. The van der Waals surface area contributed by atoms with E-state index in [1.165, 1.54) is 116 Å². The molecule has 11 aromatic rings. The normalized spacial score (nSPS) is 14.7. The van der Waals surface area contributed by atoms with Crippen molar-refractivity contribution in [2.45, 2.75) is 150 Å². The van der Waals surface area contributed by atoms with Gasteiger partial charge in [0.25, 0.3) is 0 Å². The topological polar surface area (TPSA) is 24.6 Å². The number of aromatic nitrogens is 1. The van der Waals surface area contributed by atoms with Crippen LogP contribution in [-0.2, 0) is 32.5 Å². The third-order valence-corrected chi connectivity index (χ3v) is 18.9. The average molecular weight is 1070 g/mol. The van der Waals surface area contributed by atoms with Gasteiger partial charge in [0, 0.05) is 61.3 Å². The van der Waals surface area contributed by atoms with Crippen LogP contribution in [0.2, 0.25) is 0 Å². The maximum absolute atomic E-state index is 7.39. The summed E-state index contributed by atoms with van der Waals surface area (Å²) in [6, 6.07) is 63.9. The molecular weight excluding hydrogens is 994 g/mol. The Bertz CT molecular complexity index is 4420. The zero-order valence-electron chi connectivity index (χ0n) is 51.4. The molecule has 0 N–H and O–H groups in total. The second-order valence-electron chi connectivity index (χ2n) is 29.9. The molecule has 4 nitrogen and oxygen atoms in total. The first-order valence-corrected chi connectivity index (χ1v) is 29.9. The van der Waals surface area contributed by atoms with Crippen LogP contribution in [-0.4, -0.2) is 11.4 Å². The first-order chi connectivity index (χ1) is 38.6. The van der Waals surface area contributed by atoms with Crippen molar-refractivity contribution in [2.24, 2.45) is 0 Å². The summed E-state index contributed by atoms with van der Waals surface area (Å²) < 4.78 is 10.0. The van der Waals surface area contributed by atoms with Gasteiger partial charge in [0.1, 0.15) is 11.2 Å². The van der Waals surface area contributed by atoms with Gasteiger partial charge >= 0.3 is 6.85 Å². The minimum Gasteiger partial charge on any atom is -0.455 e. The number of para-hydroxylation sites is 1. The van der Waals surface area contributed by atoms with E-state index in [0.29, 0.717) is 0 Å². The summed E-state index contributed by atoms with van der Waals surface area (Å²) in [5.74, 6) is 0. The smallest absolute Gasteiger partial charge is 0.333 e. The Morgan fingerprint density at radius 1 is 0.439 bits per heavy atom. The summed E-state index contributed by atoms with van der Waals surface area (Å²) in [7, 11) is 0. The lowest BCUT2D eigenvalue weighted by molar-refractivity contribution is 0.590. The lowest BCUT2D eigenvalue weighted by Crippen LogP contribution is -2.60. The summed E-state index contributed by atoms with van der Waals surface area (Å²) >= 11 is 0. The molecule has 3 aliphatic rings. The minimum absolute atomic E-state index is 0.00620. The largest absolute Gasteiger partial charge is 0.455 e. The van der Waals surface area contributed by atoms with Gasteiger partial charge in [-0.3, -0.25) is 0 Å². The zero-order chi connectivity index (χ0) is 57.7. The number of anilines is 5. The number of hydrogen-bond acceptors (Lipinski definition) is 3. The fourth-order valence-corrected chi connectivity index (χ4v) is 14.2. The van der Waals surface area contributed by atoms with Crippen LogP contribution in [0.25, 0.3) is 71.7 Å². The maximum atomic E-state index is 7.39. The van der Waals surface area contributed by atoms with Crippen molar-refractivity contribution in [3.05, 3.63) is 203 Å². The summed E-state index contributed by atoms with van der Waals surface area (Å²) in [4.78, 5) is 5.20. The summed E-state index contributed by atoms with van der Waals surface area (Å²) in [6.45, 7) is 39.5. The molecule has 0 saturated heterocycles. The molecule has 0 bridgehead atoms. The van der Waals surface area contributed by atoms with Crippen LogP contribution in [0.1, 0.15) is 157 Å². The minimum atomic E-state index is -0.309. The van der Waals surface area contributed by atoms with E-state index in [1.54, 1.807) is 0 Å². The highest BCUT2D eigenvalue weighted by atomic mass is 16.3. The maximum Gasteiger partial charge on any atom is 0.333 e. The van der Waals surface area contributed by atoms with Crippen molar-refractivity contribution < 1.29 is 4.42 Å². The monoisotopic (exact) mass is 1070 g/mol. The standard InChI is InChI=1S/C77H78BN3O/c1-72(2,3)45-22-30-50(31-23-45)79(51-32-24-46(25-33-51)73(4,5)6)53-36-37-59-55(42-53)56-43-58-64(44-60(56)77(59,16)17)81(52-34-26-47(27-35-52)74(7,8)9)78-61-41-49(76(13,14)15)29-39-63(61)80-62-38-28-48(75(10,11)12)40-57(62)68-70(80)69(78)66(58)67-54-20-18-19-21-65(54)82-71(67)68/h18-44H,1-17H3. The Morgan fingerprint density at radius 3 is 1.56 bits per heavy atom. The van der Waals surface area contributed by atoms with Crippen LogP contribution in [0.15, 0.2) is 168 Å². The van der Waals surface area contributed by atoms with Crippen LogP contribution >= 0.6 is 0 Å². The summed E-state index contributed by atoms with van der Waals surface area (Å²) in [5.41, 5.74) is 28.0. The van der Waals surface area contributed by atoms with Crippen LogP contribution in [0, 0.1) is 0 Å². The Labute approximate surface area is 486 Å². The van der Waals surface area contributed by atoms with Gasteiger partial charge in [0.05, 0.1) is 16.4 Å². The molecule has 2 aromatic heterocycles. The first-order valence-electron chi connectivity index (χ1n) is 29.9. The van der Waals surface area contributed by atoms with Gasteiger partial charge in [0.2, 0.25) is 0 Å². The summed E-state index contributed by atoms with van der Waals surface area (Å²) in [5, 5.41) is 4.76. The predicted octanol–water partition coefficient (Wildman–Crippen LogP) is 20.2. The number of fused-ring (bicyclic) bond motifs is 16. The Balaban J connectivity index is 1.10. The van der Waals surface area contributed by atoms with E-state index in [9.17, 15) is 0 Å². The van der Waals surface area contributed by atoms with E-state index in [0.717, 1.165) is 33.6 Å². The molecule has 0 saturated carbocycles. The fraction of sp³-hybridized carbons (Fsp3) is 0.299. The van der Waals surface area contributed by atoms with E-state index < -0.39 is 0 Å². The highest BCUT2D eigenvalue weighted by Gasteiger charge is 2.48. The highest BCUT2D eigenvalue weighted by Crippen LogP contribution is 2.58. The number of nitrogens with zero attached hydrogens (tertiary/aromatic N) is 3. The first kappa shape index (κ1) is 52.3. The molecule has 0 radical (unpaired) electrons. The van der Waals surface area contributed by atoms with Gasteiger partial charge in [-0.25, -0.2) is 0 Å². The van der Waals surface area contributed by atoms with Gasteiger partial charge in [-0.05, 0) is 179 Å². The van der Waals surface area contributed by atoms with Crippen LogP contribution in [0.5, 0.6) is 0 Å². The average Bonchev–Trinajstić information content (AvgIpc) is 1.49. The van der Waals surface area contributed by atoms with Gasteiger partial charge in [-0.1, -0.05) is 197 Å².